The molecule has 0 atom stereocenters. The van der Waals surface area contributed by atoms with Gasteiger partial charge in [0.15, 0.2) is 0 Å². The van der Waals surface area contributed by atoms with Crippen LogP contribution in [-0.2, 0) is 6.42 Å². The van der Waals surface area contributed by atoms with Gasteiger partial charge in [-0.3, -0.25) is 0 Å². The van der Waals surface area contributed by atoms with Crippen LogP contribution >= 0.6 is 46.4 Å². The summed E-state index contributed by atoms with van der Waals surface area (Å²) in [5.41, 5.74) is 3.54. The molecule has 1 aliphatic rings. The van der Waals surface area contributed by atoms with Gasteiger partial charge in [0, 0.05) is 22.7 Å². The van der Waals surface area contributed by atoms with Crippen molar-refractivity contribution in [2.75, 3.05) is 11.9 Å². The Morgan fingerprint density at radius 1 is 0.962 bits per heavy atom. The Morgan fingerprint density at radius 3 is 2.62 bits per heavy atom. The Kier molecular flexibility index (Phi) is 5.07. The van der Waals surface area contributed by atoms with Crippen molar-refractivity contribution >= 4 is 52.2 Å². The summed E-state index contributed by atoms with van der Waals surface area (Å²) in [5.74, 6) is 0.942. The number of hydrogen-bond donors (Lipinski definition) is 1. The second-order valence-corrected chi connectivity index (χ2v) is 7.80. The van der Waals surface area contributed by atoms with Gasteiger partial charge in [-0.05, 0) is 43.5 Å². The van der Waals surface area contributed by atoms with Gasteiger partial charge in [-0.2, -0.15) is 5.10 Å². The van der Waals surface area contributed by atoms with Gasteiger partial charge in [0.05, 0.1) is 26.4 Å². The van der Waals surface area contributed by atoms with E-state index in [-0.39, 0.29) is 0 Å². The topological polar surface area (TPSA) is 29.9 Å². The average molecular weight is 427 g/mol. The van der Waals surface area contributed by atoms with Gasteiger partial charge in [0.1, 0.15) is 5.82 Å². The molecule has 0 spiro atoms. The maximum atomic E-state index is 6.47. The standard InChI is InChI=1S/C19H15Cl4N3/c20-11-7-8-16(15(22)10-11)26-19-13(4-1-2-9-24-19)18(25-26)12-5-3-6-14(21)17(12)23/h3,5-8,10,24H,1-2,4,9H2. The van der Waals surface area contributed by atoms with Crippen molar-refractivity contribution < 1.29 is 0 Å². The zero-order chi connectivity index (χ0) is 18.3. The number of rotatable bonds is 2. The molecular weight excluding hydrogens is 412 g/mol. The lowest BCUT2D eigenvalue weighted by molar-refractivity contribution is 0.780. The Labute approximate surface area is 171 Å². The molecule has 0 fully saturated rings. The fourth-order valence-electron chi connectivity index (χ4n) is 3.23. The van der Waals surface area contributed by atoms with Gasteiger partial charge >= 0.3 is 0 Å². The first-order chi connectivity index (χ1) is 12.6. The Bertz CT molecular complexity index is 981. The van der Waals surface area contributed by atoms with Crippen molar-refractivity contribution in [3.05, 3.63) is 62.1 Å². The molecule has 0 saturated carbocycles. The van der Waals surface area contributed by atoms with Crippen molar-refractivity contribution in [2.45, 2.75) is 19.3 Å². The average Bonchev–Trinajstić information content (AvgIpc) is 2.79. The number of nitrogens with zero attached hydrogens (tertiary/aromatic N) is 2. The highest BCUT2D eigenvalue weighted by molar-refractivity contribution is 6.43. The highest BCUT2D eigenvalue weighted by atomic mass is 35.5. The van der Waals surface area contributed by atoms with E-state index < -0.39 is 0 Å². The van der Waals surface area contributed by atoms with Crippen molar-refractivity contribution in [3.8, 4) is 16.9 Å². The molecule has 2 aromatic carbocycles. The van der Waals surface area contributed by atoms with E-state index in [9.17, 15) is 0 Å². The van der Waals surface area contributed by atoms with Crippen LogP contribution in [0.5, 0.6) is 0 Å². The van der Waals surface area contributed by atoms with Crippen LogP contribution in [0, 0.1) is 0 Å². The van der Waals surface area contributed by atoms with E-state index in [1.807, 2.05) is 22.9 Å². The largest absolute Gasteiger partial charge is 0.370 e. The number of fused-ring (bicyclic) bond motifs is 1. The van der Waals surface area contributed by atoms with Crippen LogP contribution in [0.2, 0.25) is 20.1 Å². The molecule has 26 heavy (non-hydrogen) atoms. The second kappa shape index (κ2) is 7.32. The van der Waals surface area contributed by atoms with Gasteiger partial charge < -0.3 is 5.32 Å². The predicted octanol–water partition coefficient (Wildman–Crippen LogP) is 6.90. The van der Waals surface area contributed by atoms with Crippen molar-refractivity contribution in [1.82, 2.24) is 9.78 Å². The minimum atomic E-state index is 0.507. The highest BCUT2D eigenvalue weighted by Crippen LogP contribution is 2.40. The minimum absolute atomic E-state index is 0.507. The summed E-state index contributed by atoms with van der Waals surface area (Å²) in [6.45, 7) is 0.882. The first-order valence-corrected chi connectivity index (χ1v) is 9.83. The van der Waals surface area contributed by atoms with E-state index in [0.717, 1.165) is 54.1 Å². The molecule has 0 bridgehead atoms. The molecule has 0 aliphatic carbocycles. The van der Waals surface area contributed by atoms with Gasteiger partial charge in [0.2, 0.25) is 0 Å². The van der Waals surface area contributed by atoms with Gasteiger partial charge in [-0.15, -0.1) is 0 Å². The van der Waals surface area contributed by atoms with Crippen molar-refractivity contribution in [3.63, 3.8) is 0 Å². The molecule has 7 heteroatoms. The molecule has 3 nitrogen and oxygen atoms in total. The Hall–Kier alpha value is -1.39. The monoisotopic (exact) mass is 425 g/mol. The summed E-state index contributed by atoms with van der Waals surface area (Å²) in [4.78, 5) is 0. The molecule has 0 saturated heterocycles. The third-order valence-corrected chi connectivity index (χ3v) is 5.83. The molecule has 1 aliphatic heterocycles. The zero-order valence-corrected chi connectivity index (χ0v) is 16.7. The molecule has 2 heterocycles. The Balaban J connectivity index is 1.96. The summed E-state index contributed by atoms with van der Waals surface area (Å²) in [5, 5.41) is 10.5. The molecule has 0 unspecified atom stereocenters. The normalized spacial score (nSPS) is 13.8. The van der Waals surface area contributed by atoms with Crippen LogP contribution in [0.4, 0.5) is 5.82 Å². The smallest absolute Gasteiger partial charge is 0.133 e. The lowest BCUT2D eigenvalue weighted by Gasteiger charge is -2.10. The number of hydrogen-bond acceptors (Lipinski definition) is 2. The van der Waals surface area contributed by atoms with E-state index >= 15 is 0 Å². The first-order valence-electron chi connectivity index (χ1n) is 8.32. The van der Waals surface area contributed by atoms with Crippen LogP contribution in [-0.4, -0.2) is 16.3 Å². The summed E-state index contributed by atoms with van der Waals surface area (Å²) >= 11 is 25.2. The van der Waals surface area contributed by atoms with Gasteiger partial charge in [0.25, 0.3) is 0 Å². The Morgan fingerprint density at radius 2 is 1.81 bits per heavy atom. The fraction of sp³-hybridized carbons (Fsp3) is 0.211. The molecule has 0 amide bonds. The van der Waals surface area contributed by atoms with E-state index in [0.29, 0.717) is 20.1 Å². The van der Waals surface area contributed by atoms with Crippen molar-refractivity contribution in [1.29, 1.82) is 0 Å². The third kappa shape index (κ3) is 3.18. The number of aromatic nitrogens is 2. The quantitative estimate of drug-likeness (QED) is 0.482. The number of halogens is 4. The lowest BCUT2D eigenvalue weighted by Crippen LogP contribution is -2.07. The van der Waals surface area contributed by atoms with Crippen molar-refractivity contribution in [2.24, 2.45) is 0 Å². The summed E-state index contributed by atoms with van der Waals surface area (Å²) in [7, 11) is 0. The zero-order valence-electron chi connectivity index (χ0n) is 13.7. The molecule has 1 aromatic heterocycles. The van der Waals surface area contributed by atoms with Gasteiger partial charge in [-0.1, -0.05) is 58.5 Å². The molecule has 4 rings (SSSR count). The molecule has 0 radical (unpaired) electrons. The maximum Gasteiger partial charge on any atom is 0.133 e. The maximum absolute atomic E-state index is 6.47. The fourth-order valence-corrected chi connectivity index (χ4v) is 4.11. The van der Waals surface area contributed by atoms with Crippen LogP contribution in [0.15, 0.2) is 36.4 Å². The first kappa shape index (κ1) is 18.0. The second-order valence-electron chi connectivity index (χ2n) is 6.17. The third-order valence-electron chi connectivity index (χ3n) is 4.47. The molecular formula is C19H15Cl4N3. The van der Waals surface area contributed by atoms with Crippen LogP contribution in [0.3, 0.4) is 0 Å². The van der Waals surface area contributed by atoms with E-state index in [2.05, 4.69) is 5.32 Å². The highest BCUT2D eigenvalue weighted by Gasteiger charge is 2.24. The summed E-state index contributed by atoms with van der Waals surface area (Å²) in [6.07, 6.45) is 3.07. The number of nitrogens with one attached hydrogen (secondary N) is 1. The minimum Gasteiger partial charge on any atom is -0.370 e. The summed E-state index contributed by atoms with van der Waals surface area (Å²) < 4.78 is 1.84. The number of anilines is 1. The summed E-state index contributed by atoms with van der Waals surface area (Å²) in [6, 6.07) is 11.0. The van der Waals surface area contributed by atoms with Gasteiger partial charge in [-0.25, -0.2) is 4.68 Å². The van der Waals surface area contributed by atoms with E-state index in [1.54, 1.807) is 18.2 Å². The van der Waals surface area contributed by atoms with Crippen LogP contribution in [0.25, 0.3) is 16.9 Å². The van der Waals surface area contributed by atoms with Crippen LogP contribution < -0.4 is 5.32 Å². The number of benzene rings is 2. The van der Waals surface area contributed by atoms with E-state index in [4.69, 9.17) is 51.5 Å². The van der Waals surface area contributed by atoms with E-state index in [1.165, 1.54) is 0 Å². The predicted molar refractivity (Wildman–Crippen MR) is 110 cm³/mol. The molecule has 1 N–H and O–H groups in total. The molecule has 3 aromatic rings. The van der Waals surface area contributed by atoms with Crippen LogP contribution in [0.1, 0.15) is 18.4 Å². The SMILES string of the molecule is Clc1ccc(-n2nc(-c3cccc(Cl)c3Cl)c3c2NCCCC3)c(Cl)c1. The molecule has 134 valence electrons. The lowest BCUT2D eigenvalue weighted by atomic mass is 10.0.